The van der Waals surface area contributed by atoms with Gasteiger partial charge in [0.25, 0.3) is 0 Å². The highest BCUT2D eigenvalue weighted by Crippen LogP contribution is 2.31. The molecule has 0 aromatic carbocycles. The van der Waals surface area contributed by atoms with E-state index in [1.165, 1.54) is 6.33 Å². The summed E-state index contributed by atoms with van der Waals surface area (Å²) >= 11 is 1.58. The summed E-state index contributed by atoms with van der Waals surface area (Å²) in [4.78, 5) is 13.4. The monoisotopic (exact) mass is 208 g/mol. The van der Waals surface area contributed by atoms with E-state index >= 15 is 0 Å². The summed E-state index contributed by atoms with van der Waals surface area (Å²) in [6, 6.07) is 0. The van der Waals surface area contributed by atoms with Crippen molar-refractivity contribution in [3.8, 4) is 0 Å². The van der Waals surface area contributed by atoms with Gasteiger partial charge in [0, 0.05) is 5.41 Å². The van der Waals surface area contributed by atoms with Crippen LogP contribution in [0.2, 0.25) is 0 Å². The van der Waals surface area contributed by atoms with Crippen LogP contribution in [0.4, 0.5) is 5.82 Å². The van der Waals surface area contributed by atoms with Gasteiger partial charge in [-0.15, -0.1) is 0 Å². The minimum atomic E-state index is 0.0395. The third kappa shape index (κ3) is 1.43. The van der Waals surface area contributed by atoms with Gasteiger partial charge in [0.2, 0.25) is 0 Å². The number of aromatic nitrogens is 3. The molecule has 0 bridgehead atoms. The summed E-state index contributed by atoms with van der Waals surface area (Å²) in [6.07, 6.45) is 1.47. The van der Waals surface area contributed by atoms with Crippen LogP contribution in [0.15, 0.2) is 6.33 Å². The molecule has 2 N–H and O–H groups in total. The molecule has 4 nitrogen and oxygen atoms in total. The zero-order valence-electron chi connectivity index (χ0n) is 8.40. The van der Waals surface area contributed by atoms with Crippen molar-refractivity contribution >= 4 is 27.5 Å². The molecule has 74 valence electrons. The molecule has 14 heavy (non-hydrogen) atoms. The van der Waals surface area contributed by atoms with Gasteiger partial charge in [-0.25, -0.2) is 15.0 Å². The maximum Gasteiger partial charge on any atom is 0.154 e. The largest absolute Gasteiger partial charge is 0.382 e. The van der Waals surface area contributed by atoms with Gasteiger partial charge in [0.05, 0.1) is 0 Å². The molecule has 0 saturated heterocycles. The maximum atomic E-state index is 5.71. The molecular formula is C9H12N4S. The molecule has 0 aliphatic heterocycles. The first kappa shape index (κ1) is 9.33. The third-order valence-corrected chi connectivity index (χ3v) is 3.25. The van der Waals surface area contributed by atoms with Gasteiger partial charge in [-0.3, -0.25) is 0 Å². The fourth-order valence-electron chi connectivity index (χ4n) is 1.09. The van der Waals surface area contributed by atoms with E-state index in [1.807, 2.05) is 0 Å². The van der Waals surface area contributed by atoms with Crippen LogP contribution in [-0.4, -0.2) is 15.0 Å². The molecule has 0 aliphatic carbocycles. The Morgan fingerprint density at radius 2 is 2.00 bits per heavy atom. The molecule has 0 saturated carbocycles. The van der Waals surface area contributed by atoms with Crippen molar-refractivity contribution in [2.45, 2.75) is 26.2 Å². The summed E-state index contributed by atoms with van der Waals surface area (Å²) in [6.45, 7) is 6.36. The van der Waals surface area contributed by atoms with Gasteiger partial charge >= 0.3 is 0 Å². The minimum absolute atomic E-state index is 0.0395. The summed E-state index contributed by atoms with van der Waals surface area (Å²) < 4.78 is 0. The highest BCUT2D eigenvalue weighted by Gasteiger charge is 2.20. The third-order valence-electron chi connectivity index (χ3n) is 1.87. The molecule has 0 fully saturated rings. The molecule has 2 aromatic rings. The Bertz CT molecular complexity index is 469. The Balaban J connectivity index is 2.69. The SMILES string of the molecule is CC(C)(C)c1nc2c(N)ncnc2s1. The number of nitrogens with zero attached hydrogens (tertiary/aromatic N) is 3. The molecule has 2 aromatic heterocycles. The maximum absolute atomic E-state index is 5.71. The van der Waals surface area contributed by atoms with Crippen molar-refractivity contribution in [3.63, 3.8) is 0 Å². The standard InChI is InChI=1S/C9H12N4S/c1-9(2,3)8-13-5-6(10)11-4-12-7(5)14-8/h4H,1-3H3,(H2,10,11,12). The second-order valence-electron chi connectivity index (χ2n) is 4.18. The molecule has 0 aliphatic rings. The van der Waals surface area contributed by atoms with Crippen LogP contribution in [0.1, 0.15) is 25.8 Å². The van der Waals surface area contributed by atoms with Gasteiger partial charge in [0.1, 0.15) is 21.7 Å². The normalized spacial score (nSPS) is 12.2. The lowest BCUT2D eigenvalue weighted by molar-refractivity contribution is 0.587. The quantitative estimate of drug-likeness (QED) is 0.718. The lowest BCUT2D eigenvalue weighted by Gasteiger charge is -2.12. The van der Waals surface area contributed by atoms with Crippen molar-refractivity contribution in [2.24, 2.45) is 0 Å². The number of hydrogen-bond acceptors (Lipinski definition) is 5. The second-order valence-corrected chi connectivity index (χ2v) is 5.16. The number of nitrogens with two attached hydrogens (primary N) is 1. The van der Waals surface area contributed by atoms with Crippen molar-refractivity contribution in [3.05, 3.63) is 11.3 Å². The van der Waals surface area contributed by atoms with Gasteiger partial charge in [-0.1, -0.05) is 32.1 Å². The number of nitrogen functional groups attached to an aromatic ring is 1. The predicted molar refractivity (Wildman–Crippen MR) is 58.3 cm³/mol. The van der Waals surface area contributed by atoms with Crippen LogP contribution < -0.4 is 5.73 Å². The van der Waals surface area contributed by atoms with Crippen LogP contribution in [0.25, 0.3) is 10.3 Å². The van der Waals surface area contributed by atoms with E-state index in [9.17, 15) is 0 Å². The van der Waals surface area contributed by atoms with E-state index in [0.29, 0.717) is 5.82 Å². The van der Waals surface area contributed by atoms with E-state index in [-0.39, 0.29) is 5.41 Å². The summed E-state index contributed by atoms with van der Waals surface area (Å²) in [5, 5.41) is 1.04. The smallest absolute Gasteiger partial charge is 0.154 e. The molecule has 2 heterocycles. The first-order valence-electron chi connectivity index (χ1n) is 4.36. The van der Waals surface area contributed by atoms with E-state index in [4.69, 9.17) is 5.73 Å². The van der Waals surface area contributed by atoms with E-state index in [2.05, 4.69) is 35.7 Å². The summed E-state index contributed by atoms with van der Waals surface area (Å²) in [5.41, 5.74) is 6.47. The predicted octanol–water partition coefficient (Wildman–Crippen LogP) is 1.97. The molecule has 5 heteroatoms. The number of rotatable bonds is 0. The Hall–Kier alpha value is -1.23. The van der Waals surface area contributed by atoms with Gasteiger partial charge in [-0.05, 0) is 0 Å². The van der Waals surface area contributed by atoms with E-state index in [1.54, 1.807) is 11.3 Å². The Morgan fingerprint density at radius 3 is 2.57 bits per heavy atom. The van der Waals surface area contributed by atoms with Crippen molar-refractivity contribution in [1.29, 1.82) is 0 Å². The second kappa shape index (κ2) is 2.88. The molecule has 0 atom stereocenters. The lowest BCUT2D eigenvalue weighted by atomic mass is 9.98. The fraction of sp³-hybridized carbons (Fsp3) is 0.444. The topological polar surface area (TPSA) is 64.7 Å². The molecular weight excluding hydrogens is 196 g/mol. The van der Waals surface area contributed by atoms with Crippen molar-refractivity contribution in [1.82, 2.24) is 15.0 Å². The molecule has 0 radical (unpaired) electrons. The molecule has 0 unspecified atom stereocenters. The fourth-order valence-corrected chi connectivity index (χ4v) is 2.06. The van der Waals surface area contributed by atoms with Crippen molar-refractivity contribution < 1.29 is 0 Å². The highest BCUT2D eigenvalue weighted by atomic mass is 32.1. The van der Waals surface area contributed by atoms with E-state index in [0.717, 1.165) is 15.4 Å². The van der Waals surface area contributed by atoms with Gasteiger partial charge < -0.3 is 5.73 Å². The average molecular weight is 208 g/mol. The molecule has 0 spiro atoms. The number of fused-ring (bicyclic) bond motifs is 1. The lowest BCUT2D eigenvalue weighted by Crippen LogP contribution is -2.10. The van der Waals surface area contributed by atoms with Crippen LogP contribution in [0, 0.1) is 0 Å². The molecule has 2 rings (SSSR count). The number of anilines is 1. The zero-order chi connectivity index (χ0) is 10.3. The van der Waals surface area contributed by atoms with Gasteiger partial charge in [0.15, 0.2) is 5.82 Å². The van der Waals surface area contributed by atoms with Gasteiger partial charge in [-0.2, -0.15) is 0 Å². The molecule has 0 amide bonds. The van der Waals surface area contributed by atoms with Crippen LogP contribution >= 0.6 is 11.3 Å². The Labute approximate surface area is 86.2 Å². The highest BCUT2D eigenvalue weighted by molar-refractivity contribution is 7.18. The Kier molecular flexibility index (Phi) is 1.92. The van der Waals surface area contributed by atoms with Crippen LogP contribution in [-0.2, 0) is 5.41 Å². The number of hydrogen-bond donors (Lipinski definition) is 1. The average Bonchev–Trinajstić information content (AvgIpc) is 2.48. The zero-order valence-corrected chi connectivity index (χ0v) is 9.22. The van der Waals surface area contributed by atoms with Crippen molar-refractivity contribution in [2.75, 3.05) is 5.73 Å². The van der Waals surface area contributed by atoms with E-state index < -0.39 is 0 Å². The summed E-state index contributed by atoms with van der Waals surface area (Å²) in [7, 11) is 0. The summed E-state index contributed by atoms with van der Waals surface area (Å²) in [5.74, 6) is 0.460. The first-order chi connectivity index (χ1) is 6.48. The number of thiazole rings is 1. The Morgan fingerprint density at radius 1 is 1.29 bits per heavy atom. The van der Waals surface area contributed by atoms with Crippen LogP contribution in [0.3, 0.4) is 0 Å². The van der Waals surface area contributed by atoms with Crippen LogP contribution in [0.5, 0.6) is 0 Å². The minimum Gasteiger partial charge on any atom is -0.382 e. The first-order valence-corrected chi connectivity index (χ1v) is 5.17.